The van der Waals surface area contributed by atoms with E-state index in [0.717, 1.165) is 25.7 Å². The molecule has 4 aliphatic rings. The molecule has 0 aromatic rings. The third kappa shape index (κ3) is 4.11. The highest BCUT2D eigenvalue weighted by Crippen LogP contribution is 2.68. The molecule has 0 heterocycles. The average molecular weight is 473 g/mol. The van der Waals surface area contributed by atoms with Crippen LogP contribution in [0.5, 0.6) is 0 Å². The van der Waals surface area contributed by atoms with E-state index in [2.05, 4.69) is 33.8 Å². The summed E-state index contributed by atoms with van der Waals surface area (Å²) in [6, 6.07) is 0. The van der Waals surface area contributed by atoms with Crippen molar-refractivity contribution in [2.75, 3.05) is 0 Å². The zero-order valence-electron chi connectivity index (χ0n) is 21.8. The van der Waals surface area contributed by atoms with E-state index in [9.17, 15) is 19.8 Å². The molecule has 5 heteroatoms. The Morgan fingerprint density at radius 1 is 1.26 bits per heavy atom. The molecule has 190 valence electrons. The standard InChI is InChI=1S/C29H44O5/c1-17(2)8-7-12-28(5,33)26-24(34-18(3)30)15-23-21-10-9-19-14-20(31)11-13-27(19,4)22(21)16-25(32)29(23,26)6/h11,13-14,17,21-26,32-33H,7-10,12,15-16H2,1-6H3/t21-,22+,23+,24+,25-,26-,27+,28?,29-/m1/s1. The van der Waals surface area contributed by atoms with Gasteiger partial charge in [0.25, 0.3) is 0 Å². The molecule has 2 N–H and O–H groups in total. The molecule has 0 amide bonds. The lowest BCUT2D eigenvalue weighted by Crippen LogP contribution is -2.59. The van der Waals surface area contributed by atoms with Crippen LogP contribution in [0.4, 0.5) is 0 Å². The van der Waals surface area contributed by atoms with E-state index in [-0.39, 0.29) is 34.9 Å². The van der Waals surface area contributed by atoms with Crippen molar-refractivity contribution in [3.8, 4) is 0 Å². The molecule has 0 aromatic heterocycles. The number of allylic oxidation sites excluding steroid dienone is 4. The zero-order chi connectivity index (χ0) is 25.1. The van der Waals surface area contributed by atoms with E-state index in [1.807, 2.05) is 6.92 Å². The first-order valence-corrected chi connectivity index (χ1v) is 13.3. The highest BCUT2D eigenvalue weighted by molar-refractivity contribution is 6.01. The summed E-state index contributed by atoms with van der Waals surface area (Å²) in [5.41, 5.74) is -0.612. The second-order valence-electron chi connectivity index (χ2n) is 12.7. The second-order valence-corrected chi connectivity index (χ2v) is 12.7. The van der Waals surface area contributed by atoms with Crippen LogP contribution in [0.25, 0.3) is 0 Å². The monoisotopic (exact) mass is 472 g/mol. The summed E-state index contributed by atoms with van der Waals surface area (Å²) < 4.78 is 5.89. The van der Waals surface area contributed by atoms with Gasteiger partial charge in [0.05, 0.1) is 11.7 Å². The maximum atomic E-state index is 12.1. The molecule has 0 saturated heterocycles. The Morgan fingerprint density at radius 3 is 2.62 bits per heavy atom. The molecule has 0 bridgehead atoms. The molecule has 3 fully saturated rings. The quantitative estimate of drug-likeness (QED) is 0.532. The van der Waals surface area contributed by atoms with E-state index in [1.54, 1.807) is 12.2 Å². The number of ketones is 1. The third-order valence-corrected chi connectivity index (χ3v) is 10.1. The molecule has 4 aliphatic carbocycles. The number of carbonyl (C=O) groups excluding carboxylic acids is 2. The van der Waals surface area contributed by atoms with Crippen LogP contribution in [-0.2, 0) is 14.3 Å². The molecule has 5 nitrogen and oxygen atoms in total. The molecule has 3 saturated carbocycles. The van der Waals surface area contributed by atoms with E-state index < -0.39 is 23.2 Å². The van der Waals surface area contributed by atoms with Gasteiger partial charge >= 0.3 is 5.97 Å². The second kappa shape index (κ2) is 8.89. The first-order valence-electron chi connectivity index (χ1n) is 13.3. The van der Waals surface area contributed by atoms with Crippen LogP contribution in [0, 0.1) is 40.4 Å². The van der Waals surface area contributed by atoms with E-state index >= 15 is 0 Å². The Balaban J connectivity index is 1.69. The summed E-state index contributed by atoms with van der Waals surface area (Å²) in [6.45, 7) is 12.1. The van der Waals surface area contributed by atoms with Crippen LogP contribution in [-0.4, -0.2) is 39.8 Å². The Bertz CT molecular complexity index is 885. The minimum atomic E-state index is -1.03. The van der Waals surface area contributed by atoms with Crippen LogP contribution < -0.4 is 0 Å². The predicted octanol–water partition coefficient (Wildman–Crippen LogP) is 5.00. The van der Waals surface area contributed by atoms with Gasteiger partial charge in [0, 0.05) is 23.7 Å². The largest absolute Gasteiger partial charge is 0.462 e. The van der Waals surface area contributed by atoms with E-state index in [1.165, 1.54) is 12.5 Å². The molecule has 9 atom stereocenters. The van der Waals surface area contributed by atoms with Gasteiger partial charge in [0.2, 0.25) is 0 Å². The van der Waals surface area contributed by atoms with Gasteiger partial charge in [-0.25, -0.2) is 0 Å². The summed E-state index contributed by atoms with van der Waals surface area (Å²) in [4.78, 5) is 24.2. The fourth-order valence-corrected chi connectivity index (χ4v) is 8.59. The van der Waals surface area contributed by atoms with Crippen molar-refractivity contribution in [3.05, 3.63) is 23.8 Å². The summed E-state index contributed by atoms with van der Waals surface area (Å²) >= 11 is 0. The Labute approximate surface area is 205 Å². The molecular formula is C29H44O5. The van der Waals surface area contributed by atoms with Crippen molar-refractivity contribution in [3.63, 3.8) is 0 Å². The van der Waals surface area contributed by atoms with E-state index in [0.29, 0.717) is 31.1 Å². The van der Waals surface area contributed by atoms with Gasteiger partial charge < -0.3 is 14.9 Å². The lowest BCUT2D eigenvalue weighted by Gasteiger charge is -2.59. The van der Waals surface area contributed by atoms with Gasteiger partial charge in [0.1, 0.15) is 6.10 Å². The molecule has 34 heavy (non-hydrogen) atoms. The van der Waals surface area contributed by atoms with Crippen LogP contribution in [0.15, 0.2) is 23.8 Å². The molecule has 0 aliphatic heterocycles. The molecule has 0 spiro atoms. The van der Waals surface area contributed by atoms with Crippen molar-refractivity contribution >= 4 is 11.8 Å². The fraction of sp³-hybridized carbons (Fsp3) is 0.793. The third-order valence-electron chi connectivity index (χ3n) is 10.1. The topological polar surface area (TPSA) is 83.8 Å². The van der Waals surface area contributed by atoms with E-state index in [4.69, 9.17) is 4.74 Å². The summed E-state index contributed by atoms with van der Waals surface area (Å²) in [5, 5.41) is 23.6. The van der Waals surface area contributed by atoms with Crippen molar-refractivity contribution in [2.45, 2.75) is 104 Å². The number of aliphatic hydroxyl groups is 2. The van der Waals surface area contributed by atoms with Crippen LogP contribution in [0.1, 0.15) is 86.5 Å². The minimum absolute atomic E-state index is 0.0559. The number of hydrogen-bond donors (Lipinski definition) is 2. The predicted molar refractivity (Wildman–Crippen MR) is 132 cm³/mol. The number of hydrogen-bond acceptors (Lipinski definition) is 5. The summed E-state index contributed by atoms with van der Waals surface area (Å²) in [5.74, 6) is 0.710. The Morgan fingerprint density at radius 2 is 1.97 bits per heavy atom. The number of ether oxygens (including phenoxy) is 1. The smallest absolute Gasteiger partial charge is 0.302 e. The van der Waals surface area contributed by atoms with Crippen LogP contribution in [0.3, 0.4) is 0 Å². The van der Waals surface area contributed by atoms with Gasteiger partial charge in [0.15, 0.2) is 5.78 Å². The highest BCUT2D eigenvalue weighted by Gasteiger charge is 2.68. The molecule has 1 unspecified atom stereocenters. The summed E-state index contributed by atoms with van der Waals surface area (Å²) in [6.07, 6.45) is 10.3. The minimum Gasteiger partial charge on any atom is -0.462 e. The lowest BCUT2D eigenvalue weighted by molar-refractivity contribution is -0.181. The van der Waals surface area contributed by atoms with Gasteiger partial charge in [-0.05, 0) is 74.9 Å². The Hall–Kier alpha value is -1.46. The normalized spacial score (nSPS) is 43.0. The van der Waals surface area contributed by atoms with Gasteiger partial charge in [-0.3, -0.25) is 9.59 Å². The SMILES string of the molecule is CC(=O)O[C@H]1C[C@H]2[C@@H]3CCC4=CC(=O)C=C[C@]4(C)[C@H]3C[C@@H](O)[C@]2(C)[C@H]1C(C)(O)CCCC(C)C. The molecule has 0 aromatic carbocycles. The molecule has 4 rings (SSSR count). The average Bonchev–Trinajstić information content (AvgIpc) is 3.02. The van der Waals surface area contributed by atoms with Gasteiger partial charge in [-0.15, -0.1) is 0 Å². The highest BCUT2D eigenvalue weighted by atomic mass is 16.5. The number of esters is 1. The molecular weight excluding hydrogens is 428 g/mol. The molecule has 0 radical (unpaired) electrons. The Kier molecular flexibility index (Phi) is 6.70. The lowest BCUT2D eigenvalue weighted by atomic mass is 9.46. The first-order chi connectivity index (χ1) is 15.8. The number of aliphatic hydroxyl groups excluding tert-OH is 1. The summed E-state index contributed by atoms with van der Waals surface area (Å²) in [7, 11) is 0. The van der Waals surface area contributed by atoms with Gasteiger partial charge in [-0.2, -0.15) is 0 Å². The van der Waals surface area contributed by atoms with Crippen molar-refractivity contribution in [2.24, 2.45) is 40.4 Å². The van der Waals surface area contributed by atoms with Gasteiger partial charge in [-0.1, -0.05) is 52.2 Å². The van der Waals surface area contributed by atoms with Crippen LogP contribution in [0.2, 0.25) is 0 Å². The maximum Gasteiger partial charge on any atom is 0.302 e. The number of carbonyl (C=O) groups is 2. The number of fused-ring (bicyclic) bond motifs is 5. The maximum absolute atomic E-state index is 12.1. The zero-order valence-corrected chi connectivity index (χ0v) is 21.8. The van der Waals surface area contributed by atoms with Crippen molar-refractivity contribution in [1.82, 2.24) is 0 Å². The fourth-order valence-electron chi connectivity index (χ4n) is 8.59. The van der Waals surface area contributed by atoms with Crippen molar-refractivity contribution in [1.29, 1.82) is 0 Å². The van der Waals surface area contributed by atoms with Crippen LogP contribution >= 0.6 is 0 Å². The van der Waals surface area contributed by atoms with Crippen molar-refractivity contribution < 1.29 is 24.5 Å². The first kappa shape index (κ1) is 25.6. The number of rotatable bonds is 6.